The molecule has 1 amide bonds. The van der Waals surface area contributed by atoms with Crippen LogP contribution in [0.15, 0.2) is 9.95 Å². The molecule has 2 fully saturated rings. The topological polar surface area (TPSA) is 78.1 Å². The van der Waals surface area contributed by atoms with Crippen molar-refractivity contribution in [3.63, 3.8) is 0 Å². The third-order valence-electron chi connectivity index (χ3n) is 6.42. The molecule has 2 N–H and O–H groups in total. The summed E-state index contributed by atoms with van der Waals surface area (Å²) in [5.41, 5.74) is 1.36. The third-order valence-corrected chi connectivity index (χ3v) is 7.00. The van der Waals surface area contributed by atoms with E-state index >= 15 is 0 Å². The highest BCUT2D eigenvalue weighted by Crippen LogP contribution is 2.35. The van der Waals surface area contributed by atoms with E-state index in [2.05, 4.69) is 20.2 Å². The third kappa shape index (κ3) is 5.17. The average Bonchev–Trinajstić information content (AvgIpc) is 2.73. The fraction of sp³-hybridized carbons (Fsp3) is 0.762. The molecule has 7 heteroatoms. The standard InChI is InChI=1S/C21H34N4O2S/c1-16-17(19(27)24-20(23-16)28-2)9-10-18(26)22-15-21(11-5-3-6-12-21)25-13-7-4-8-14-25/h3-15H2,1-2H3,(H,22,26)(H,23,24,27). The molecule has 0 radical (unpaired) electrons. The van der Waals surface area contributed by atoms with Crippen LogP contribution in [0.3, 0.4) is 0 Å². The Morgan fingerprint density at radius 2 is 1.86 bits per heavy atom. The molecule has 28 heavy (non-hydrogen) atoms. The molecular formula is C21H34N4O2S. The zero-order valence-electron chi connectivity index (χ0n) is 17.3. The van der Waals surface area contributed by atoms with E-state index in [1.807, 2.05) is 13.2 Å². The zero-order chi connectivity index (χ0) is 20.0. The van der Waals surface area contributed by atoms with Crippen LogP contribution in [0.2, 0.25) is 0 Å². The summed E-state index contributed by atoms with van der Waals surface area (Å²) >= 11 is 1.42. The summed E-state index contributed by atoms with van der Waals surface area (Å²) in [5.74, 6) is 0.0368. The highest BCUT2D eigenvalue weighted by Gasteiger charge is 2.38. The van der Waals surface area contributed by atoms with Crippen molar-refractivity contribution in [2.75, 3.05) is 25.9 Å². The molecule has 1 aromatic heterocycles. The summed E-state index contributed by atoms with van der Waals surface area (Å²) in [6.45, 7) is 4.91. The number of amides is 1. The van der Waals surface area contributed by atoms with Crippen LogP contribution in [0.1, 0.15) is 69.0 Å². The van der Waals surface area contributed by atoms with Crippen LogP contribution in [-0.2, 0) is 11.2 Å². The van der Waals surface area contributed by atoms with E-state index in [9.17, 15) is 9.59 Å². The van der Waals surface area contributed by atoms with Gasteiger partial charge in [0.1, 0.15) is 0 Å². The summed E-state index contributed by atoms with van der Waals surface area (Å²) < 4.78 is 0. The molecule has 6 nitrogen and oxygen atoms in total. The minimum atomic E-state index is -0.123. The van der Waals surface area contributed by atoms with E-state index in [-0.39, 0.29) is 17.0 Å². The lowest BCUT2D eigenvalue weighted by Crippen LogP contribution is -2.58. The number of H-pyrrole nitrogens is 1. The molecule has 0 bridgehead atoms. The zero-order valence-corrected chi connectivity index (χ0v) is 18.1. The van der Waals surface area contributed by atoms with Gasteiger partial charge in [-0.2, -0.15) is 0 Å². The maximum atomic E-state index is 12.6. The minimum absolute atomic E-state index is 0.0368. The summed E-state index contributed by atoms with van der Waals surface area (Å²) in [5, 5.41) is 3.83. The number of likely N-dealkylation sites (tertiary alicyclic amines) is 1. The number of aromatic amines is 1. The first kappa shape index (κ1) is 21.4. The van der Waals surface area contributed by atoms with Gasteiger partial charge in [0, 0.05) is 29.8 Å². The van der Waals surface area contributed by atoms with Crippen molar-refractivity contribution in [1.29, 1.82) is 0 Å². The van der Waals surface area contributed by atoms with Gasteiger partial charge in [0.2, 0.25) is 5.91 Å². The lowest BCUT2D eigenvalue weighted by Gasteiger charge is -2.48. The second kappa shape index (κ2) is 9.92. The number of thioether (sulfide) groups is 1. The molecule has 1 saturated carbocycles. The van der Waals surface area contributed by atoms with Gasteiger partial charge >= 0.3 is 0 Å². The Balaban J connectivity index is 1.57. The van der Waals surface area contributed by atoms with Crippen LogP contribution in [0.25, 0.3) is 0 Å². The van der Waals surface area contributed by atoms with Gasteiger partial charge in [-0.05, 0) is 58.4 Å². The van der Waals surface area contributed by atoms with Crippen molar-refractivity contribution >= 4 is 17.7 Å². The van der Waals surface area contributed by atoms with Gasteiger partial charge in [0.25, 0.3) is 5.56 Å². The lowest BCUT2D eigenvalue weighted by atomic mass is 9.79. The van der Waals surface area contributed by atoms with Crippen molar-refractivity contribution in [2.45, 2.75) is 81.8 Å². The quantitative estimate of drug-likeness (QED) is 0.538. The van der Waals surface area contributed by atoms with E-state index in [0.717, 1.165) is 25.3 Å². The van der Waals surface area contributed by atoms with Gasteiger partial charge in [-0.25, -0.2) is 4.98 Å². The van der Waals surface area contributed by atoms with Gasteiger partial charge in [-0.1, -0.05) is 37.4 Å². The first-order valence-corrected chi connectivity index (χ1v) is 11.9. The summed E-state index contributed by atoms with van der Waals surface area (Å²) in [7, 11) is 0. The highest BCUT2D eigenvalue weighted by molar-refractivity contribution is 7.98. The molecule has 156 valence electrons. The fourth-order valence-corrected chi connectivity index (χ4v) is 5.17. The van der Waals surface area contributed by atoms with Crippen LogP contribution < -0.4 is 10.9 Å². The Morgan fingerprint density at radius 1 is 1.18 bits per heavy atom. The predicted molar refractivity (Wildman–Crippen MR) is 114 cm³/mol. The van der Waals surface area contributed by atoms with Gasteiger partial charge in [-0.3, -0.25) is 14.5 Å². The SMILES string of the molecule is CSc1nc(C)c(CCC(=O)NCC2(N3CCCCC3)CCCCC2)c(=O)[nH]1. The Kier molecular flexibility index (Phi) is 7.57. The number of nitrogens with zero attached hydrogens (tertiary/aromatic N) is 2. The Hall–Kier alpha value is -1.34. The van der Waals surface area contributed by atoms with Crippen LogP contribution in [0.4, 0.5) is 0 Å². The number of hydrogen-bond acceptors (Lipinski definition) is 5. The van der Waals surface area contributed by atoms with Crippen molar-refractivity contribution in [2.24, 2.45) is 0 Å². The smallest absolute Gasteiger partial charge is 0.254 e. The monoisotopic (exact) mass is 406 g/mol. The van der Waals surface area contributed by atoms with Crippen LogP contribution >= 0.6 is 11.8 Å². The van der Waals surface area contributed by atoms with Crippen molar-refractivity contribution < 1.29 is 4.79 Å². The number of hydrogen-bond donors (Lipinski definition) is 2. The molecule has 2 aliphatic rings. The van der Waals surface area contributed by atoms with Crippen molar-refractivity contribution in [3.8, 4) is 0 Å². The average molecular weight is 407 g/mol. The Bertz CT molecular complexity index is 722. The lowest BCUT2D eigenvalue weighted by molar-refractivity contribution is -0.122. The van der Waals surface area contributed by atoms with E-state index in [1.54, 1.807) is 0 Å². The Morgan fingerprint density at radius 3 is 2.50 bits per heavy atom. The molecule has 0 aromatic carbocycles. The predicted octanol–water partition coefficient (Wildman–Crippen LogP) is 3.04. The number of rotatable bonds is 7. The van der Waals surface area contributed by atoms with Crippen LogP contribution in [0, 0.1) is 6.92 Å². The van der Waals surface area contributed by atoms with Gasteiger partial charge < -0.3 is 10.3 Å². The number of aryl methyl sites for hydroxylation is 1. The van der Waals surface area contributed by atoms with E-state index in [4.69, 9.17) is 0 Å². The largest absolute Gasteiger partial charge is 0.354 e. The van der Waals surface area contributed by atoms with Crippen molar-refractivity contribution in [3.05, 3.63) is 21.6 Å². The van der Waals surface area contributed by atoms with E-state index in [1.165, 1.54) is 63.1 Å². The first-order valence-electron chi connectivity index (χ1n) is 10.7. The number of carbonyl (C=O) groups excluding carboxylic acids is 1. The van der Waals surface area contributed by atoms with Crippen LogP contribution in [-0.4, -0.2) is 52.2 Å². The summed E-state index contributed by atoms with van der Waals surface area (Å²) in [6, 6.07) is 0. The molecule has 0 atom stereocenters. The molecule has 3 rings (SSSR count). The number of piperidine rings is 1. The number of carbonyl (C=O) groups is 1. The van der Waals surface area contributed by atoms with Gasteiger partial charge in [0.05, 0.1) is 0 Å². The van der Waals surface area contributed by atoms with Crippen molar-refractivity contribution in [1.82, 2.24) is 20.2 Å². The molecule has 1 aliphatic heterocycles. The fourth-order valence-electron chi connectivity index (χ4n) is 4.75. The summed E-state index contributed by atoms with van der Waals surface area (Å²) in [6.07, 6.45) is 12.7. The second-order valence-corrected chi connectivity index (χ2v) is 9.04. The normalized spacial score (nSPS) is 20.1. The molecule has 2 heterocycles. The Labute approximate surface area is 172 Å². The molecule has 0 unspecified atom stereocenters. The number of nitrogens with one attached hydrogen (secondary N) is 2. The maximum absolute atomic E-state index is 12.6. The summed E-state index contributed by atoms with van der Waals surface area (Å²) in [4.78, 5) is 34.6. The molecular weight excluding hydrogens is 372 g/mol. The number of aromatic nitrogens is 2. The maximum Gasteiger partial charge on any atom is 0.254 e. The molecule has 0 spiro atoms. The minimum Gasteiger partial charge on any atom is -0.354 e. The molecule has 1 aliphatic carbocycles. The van der Waals surface area contributed by atoms with E-state index in [0.29, 0.717) is 23.6 Å². The second-order valence-electron chi connectivity index (χ2n) is 8.25. The molecule has 1 aromatic rings. The molecule has 1 saturated heterocycles. The van der Waals surface area contributed by atoms with Gasteiger partial charge in [-0.15, -0.1) is 0 Å². The first-order chi connectivity index (χ1) is 13.5. The van der Waals surface area contributed by atoms with E-state index < -0.39 is 0 Å². The highest BCUT2D eigenvalue weighted by atomic mass is 32.2. The van der Waals surface area contributed by atoms with Gasteiger partial charge in [0.15, 0.2) is 5.16 Å². The van der Waals surface area contributed by atoms with Crippen LogP contribution in [0.5, 0.6) is 0 Å².